The molecule has 0 aromatic heterocycles. The molecule has 0 N–H and O–H groups in total. The Bertz CT molecular complexity index is 491. The van der Waals surface area contributed by atoms with Gasteiger partial charge in [-0.1, -0.05) is 0 Å². The number of likely N-dealkylation sites (tertiary alicyclic amines) is 1. The van der Waals surface area contributed by atoms with Gasteiger partial charge >= 0.3 is 12.1 Å². The van der Waals surface area contributed by atoms with Crippen LogP contribution in [0.4, 0.5) is 4.79 Å². The van der Waals surface area contributed by atoms with Crippen molar-refractivity contribution in [3.8, 4) is 0 Å². The molecule has 22 heavy (non-hydrogen) atoms. The van der Waals surface area contributed by atoms with Crippen molar-refractivity contribution in [2.75, 3.05) is 20.7 Å². The number of carbonyl (C=O) groups excluding carboxylic acids is 3. The topological polar surface area (TPSA) is 76.2 Å². The third-order valence-electron chi connectivity index (χ3n) is 2.78. The summed E-state index contributed by atoms with van der Waals surface area (Å²) in [6, 6.07) is -0.978. The van der Waals surface area contributed by atoms with E-state index >= 15 is 0 Å². The molecule has 0 aliphatic carbocycles. The Labute approximate surface area is 130 Å². The number of ether oxygens (including phenoxy) is 2. The molecule has 124 valence electrons. The highest BCUT2D eigenvalue weighted by atomic mass is 16.6. The van der Waals surface area contributed by atoms with E-state index in [1.54, 1.807) is 52.9 Å². The van der Waals surface area contributed by atoms with Gasteiger partial charge in [-0.25, -0.2) is 14.5 Å². The minimum Gasteiger partial charge on any atom is -0.464 e. The maximum Gasteiger partial charge on any atom is 0.418 e. The van der Waals surface area contributed by atoms with Gasteiger partial charge in [0.15, 0.2) is 0 Å². The van der Waals surface area contributed by atoms with Gasteiger partial charge in [0, 0.05) is 32.3 Å². The van der Waals surface area contributed by atoms with E-state index in [1.807, 2.05) is 0 Å². The number of hydrogen-bond donors (Lipinski definition) is 0. The molecule has 0 radical (unpaired) electrons. The second-order valence-electron chi connectivity index (χ2n) is 6.25. The van der Waals surface area contributed by atoms with Crippen LogP contribution >= 0.6 is 0 Å². The predicted octanol–water partition coefficient (Wildman–Crippen LogP) is 1.53. The van der Waals surface area contributed by atoms with Crippen LogP contribution in [0, 0.1) is 0 Å². The van der Waals surface area contributed by atoms with Crippen LogP contribution in [0.3, 0.4) is 0 Å². The summed E-state index contributed by atoms with van der Waals surface area (Å²) < 4.78 is 10.2. The lowest BCUT2D eigenvalue weighted by molar-refractivity contribution is -0.150. The first kappa shape index (κ1) is 18.0. The third kappa shape index (κ3) is 4.47. The Morgan fingerprint density at radius 2 is 1.95 bits per heavy atom. The van der Waals surface area contributed by atoms with Crippen LogP contribution in [-0.4, -0.2) is 60.1 Å². The number of esters is 1. The van der Waals surface area contributed by atoms with Crippen molar-refractivity contribution in [3.63, 3.8) is 0 Å². The van der Waals surface area contributed by atoms with E-state index in [-0.39, 0.29) is 13.0 Å². The van der Waals surface area contributed by atoms with E-state index in [9.17, 15) is 14.4 Å². The highest BCUT2D eigenvalue weighted by Crippen LogP contribution is 2.27. The zero-order valence-corrected chi connectivity index (χ0v) is 14.0. The molecule has 0 unspecified atom stereocenters. The third-order valence-corrected chi connectivity index (χ3v) is 2.78. The second-order valence-corrected chi connectivity index (χ2v) is 6.25. The van der Waals surface area contributed by atoms with Crippen LogP contribution in [-0.2, 0) is 19.1 Å². The average molecular weight is 312 g/mol. The Morgan fingerprint density at radius 1 is 1.36 bits per heavy atom. The molecule has 1 rings (SSSR count). The Morgan fingerprint density at radius 3 is 2.41 bits per heavy atom. The van der Waals surface area contributed by atoms with Gasteiger partial charge in [0.05, 0.1) is 6.61 Å². The largest absolute Gasteiger partial charge is 0.464 e. The summed E-state index contributed by atoms with van der Waals surface area (Å²) in [5, 5.41) is 0. The molecule has 0 aromatic carbocycles. The van der Waals surface area contributed by atoms with Crippen LogP contribution in [0.25, 0.3) is 0 Å². The van der Waals surface area contributed by atoms with Crippen molar-refractivity contribution < 1.29 is 23.9 Å². The zero-order valence-electron chi connectivity index (χ0n) is 14.0. The zero-order chi connectivity index (χ0) is 17.1. The summed E-state index contributed by atoms with van der Waals surface area (Å²) in [5.74, 6) is -1.13. The Kier molecular flexibility index (Phi) is 5.57. The normalized spacial score (nSPS) is 20.3. The van der Waals surface area contributed by atoms with Gasteiger partial charge in [0.1, 0.15) is 11.6 Å². The van der Waals surface area contributed by atoms with Gasteiger partial charge in [-0.3, -0.25) is 4.79 Å². The fourth-order valence-electron chi connectivity index (χ4n) is 2.05. The second kappa shape index (κ2) is 6.81. The van der Waals surface area contributed by atoms with Crippen molar-refractivity contribution in [1.82, 2.24) is 9.80 Å². The van der Waals surface area contributed by atoms with Crippen LogP contribution in [0.5, 0.6) is 0 Å². The lowest BCUT2D eigenvalue weighted by atomic mass is 10.1. The maximum atomic E-state index is 12.4. The fourth-order valence-corrected chi connectivity index (χ4v) is 2.05. The summed E-state index contributed by atoms with van der Waals surface area (Å²) in [6.07, 6.45) is 0.881. The minimum absolute atomic E-state index is 0.120. The molecule has 1 saturated heterocycles. The predicted molar refractivity (Wildman–Crippen MR) is 79.9 cm³/mol. The number of amides is 2. The number of carbonyl (C=O) groups is 3. The summed E-state index contributed by atoms with van der Waals surface area (Å²) in [5.41, 5.74) is -0.390. The van der Waals surface area contributed by atoms with Crippen molar-refractivity contribution >= 4 is 18.0 Å². The number of nitrogens with zero attached hydrogens (tertiary/aromatic N) is 2. The molecule has 1 aliphatic rings. The first-order valence-electron chi connectivity index (χ1n) is 7.17. The van der Waals surface area contributed by atoms with Crippen molar-refractivity contribution in [1.29, 1.82) is 0 Å². The molecule has 2 amide bonds. The van der Waals surface area contributed by atoms with E-state index in [1.165, 1.54) is 0 Å². The van der Waals surface area contributed by atoms with Crippen LogP contribution in [0.2, 0.25) is 0 Å². The van der Waals surface area contributed by atoms with Gasteiger partial charge in [-0.05, 0) is 27.7 Å². The molecular formula is C15H24N2O5. The Hall–Kier alpha value is -2.05. The molecule has 0 bridgehead atoms. The maximum absolute atomic E-state index is 12.4. The molecule has 7 heteroatoms. The molecule has 0 spiro atoms. The van der Waals surface area contributed by atoms with E-state index in [0.29, 0.717) is 5.57 Å². The molecule has 7 nitrogen and oxygen atoms in total. The lowest BCUT2D eigenvalue weighted by Gasteiger charge is -2.26. The van der Waals surface area contributed by atoms with Crippen LogP contribution in [0.1, 0.15) is 34.1 Å². The van der Waals surface area contributed by atoms with Gasteiger partial charge in [-0.15, -0.1) is 0 Å². The van der Waals surface area contributed by atoms with E-state index in [4.69, 9.17) is 9.47 Å². The van der Waals surface area contributed by atoms with Gasteiger partial charge in [0.2, 0.25) is 0 Å². The molecule has 1 aliphatic heterocycles. The average Bonchev–Trinajstić information content (AvgIpc) is 2.64. The highest BCUT2D eigenvalue weighted by molar-refractivity contribution is 6.08. The standard InChI is InChI=1S/C15H24N2O5/c1-7-21-13(19)11-8-10(9-16(5)6)12(18)17(11)14(20)22-15(2,3)4/h9,11H,7-8H2,1-6H3/b10-9-/t11-/m0/s1. The monoisotopic (exact) mass is 312 g/mol. The summed E-state index contributed by atoms with van der Waals surface area (Å²) in [6.45, 7) is 6.94. The van der Waals surface area contributed by atoms with Gasteiger partial charge in [-0.2, -0.15) is 0 Å². The van der Waals surface area contributed by atoms with Crippen molar-refractivity contribution in [2.24, 2.45) is 0 Å². The molecule has 1 atom stereocenters. The minimum atomic E-state index is -0.978. The SMILES string of the molecule is CCOC(=O)[C@@H]1C/C(=C/N(C)C)C(=O)N1C(=O)OC(C)(C)C. The molecule has 1 fully saturated rings. The smallest absolute Gasteiger partial charge is 0.418 e. The molecule has 0 aromatic rings. The van der Waals surface area contributed by atoms with Gasteiger partial charge in [0.25, 0.3) is 5.91 Å². The van der Waals surface area contributed by atoms with Crippen molar-refractivity contribution in [3.05, 3.63) is 11.8 Å². The van der Waals surface area contributed by atoms with Crippen LogP contribution < -0.4 is 0 Å². The van der Waals surface area contributed by atoms with Crippen LogP contribution in [0.15, 0.2) is 11.8 Å². The summed E-state index contributed by atoms with van der Waals surface area (Å²) in [4.78, 5) is 39.2. The Balaban J connectivity index is 3.09. The quantitative estimate of drug-likeness (QED) is 0.581. The number of hydrogen-bond acceptors (Lipinski definition) is 6. The fraction of sp³-hybridized carbons (Fsp3) is 0.667. The number of imide groups is 1. The van der Waals surface area contributed by atoms with E-state index in [0.717, 1.165) is 4.90 Å². The highest BCUT2D eigenvalue weighted by Gasteiger charge is 2.46. The van der Waals surface area contributed by atoms with E-state index < -0.39 is 29.6 Å². The molecular weight excluding hydrogens is 288 g/mol. The first-order chi connectivity index (χ1) is 10.1. The van der Waals surface area contributed by atoms with Crippen molar-refractivity contribution in [2.45, 2.75) is 45.8 Å². The van der Waals surface area contributed by atoms with E-state index in [2.05, 4.69) is 0 Å². The van der Waals surface area contributed by atoms with Gasteiger partial charge < -0.3 is 14.4 Å². The molecule has 1 heterocycles. The molecule has 0 saturated carbocycles. The summed E-state index contributed by atoms with van der Waals surface area (Å²) in [7, 11) is 3.52. The summed E-state index contributed by atoms with van der Waals surface area (Å²) >= 11 is 0. The lowest BCUT2D eigenvalue weighted by Crippen LogP contribution is -2.46. The first-order valence-corrected chi connectivity index (χ1v) is 7.17. The number of rotatable bonds is 3.